The van der Waals surface area contributed by atoms with Crippen molar-refractivity contribution in [1.82, 2.24) is 0 Å². The van der Waals surface area contributed by atoms with Gasteiger partial charge >= 0.3 is 6.18 Å². The molecule has 0 radical (unpaired) electrons. The van der Waals surface area contributed by atoms with Gasteiger partial charge < -0.3 is 0 Å². The van der Waals surface area contributed by atoms with Gasteiger partial charge in [0.25, 0.3) is 5.92 Å². The Labute approximate surface area is 83.7 Å². The van der Waals surface area contributed by atoms with E-state index in [1.54, 1.807) is 0 Å². The lowest BCUT2D eigenvalue weighted by atomic mass is 10.00. The van der Waals surface area contributed by atoms with Crippen LogP contribution in [0.5, 0.6) is 0 Å². The molecule has 1 aromatic rings. The van der Waals surface area contributed by atoms with Gasteiger partial charge in [0.15, 0.2) is 0 Å². The number of alkyl halides is 5. The van der Waals surface area contributed by atoms with Gasteiger partial charge in [0, 0.05) is 12.5 Å². The average Bonchev–Trinajstić information content (AvgIpc) is 2.00. The first-order valence-electron chi connectivity index (χ1n) is 4.18. The van der Waals surface area contributed by atoms with Gasteiger partial charge in [-0.15, -0.1) is 0 Å². The van der Waals surface area contributed by atoms with Crippen molar-refractivity contribution in [2.24, 2.45) is 0 Å². The van der Waals surface area contributed by atoms with Crippen LogP contribution in [0.1, 0.15) is 23.6 Å². The molecule has 0 aliphatic rings. The Morgan fingerprint density at radius 3 is 1.87 bits per heavy atom. The molecular formula is C10H9F5. The van der Waals surface area contributed by atoms with Crippen LogP contribution in [0.4, 0.5) is 22.0 Å². The lowest BCUT2D eigenvalue weighted by molar-refractivity contribution is -0.141. The molecule has 1 rings (SSSR count). The summed E-state index contributed by atoms with van der Waals surface area (Å²) >= 11 is 0. The van der Waals surface area contributed by atoms with Crippen molar-refractivity contribution in [3.63, 3.8) is 0 Å². The first-order valence-corrected chi connectivity index (χ1v) is 4.18. The van der Waals surface area contributed by atoms with Gasteiger partial charge in [-0.25, -0.2) is 8.78 Å². The normalized spacial score (nSPS) is 13.0. The van der Waals surface area contributed by atoms with Crippen LogP contribution in [0.25, 0.3) is 0 Å². The minimum atomic E-state index is -4.75. The van der Waals surface area contributed by atoms with E-state index in [2.05, 4.69) is 0 Å². The largest absolute Gasteiger partial charge is 0.416 e. The van der Waals surface area contributed by atoms with Crippen molar-refractivity contribution in [2.75, 3.05) is 0 Å². The van der Waals surface area contributed by atoms with E-state index in [-0.39, 0.29) is 0 Å². The monoisotopic (exact) mass is 224 g/mol. The maximum Gasteiger partial charge on any atom is 0.416 e. The zero-order chi connectivity index (χ0) is 11.9. The Hall–Kier alpha value is -1.13. The maximum absolute atomic E-state index is 12.9. The highest BCUT2D eigenvalue weighted by Crippen LogP contribution is 2.39. The summed E-state index contributed by atoms with van der Waals surface area (Å²) in [5.41, 5.74) is -1.95. The minimum absolute atomic E-state index is 0.301. The van der Waals surface area contributed by atoms with E-state index in [9.17, 15) is 22.0 Å². The molecule has 0 spiro atoms. The summed E-state index contributed by atoms with van der Waals surface area (Å²) in [6, 6.07) is 2.78. The van der Waals surface area contributed by atoms with Gasteiger partial charge in [-0.3, -0.25) is 0 Å². The van der Waals surface area contributed by atoms with E-state index in [1.165, 1.54) is 13.0 Å². The molecule has 0 bridgehead atoms. The summed E-state index contributed by atoms with van der Waals surface area (Å²) in [7, 11) is 0. The molecule has 0 aliphatic carbocycles. The molecule has 0 unspecified atom stereocenters. The van der Waals surface area contributed by atoms with Crippen LogP contribution >= 0.6 is 0 Å². The third kappa shape index (κ3) is 2.67. The van der Waals surface area contributed by atoms with Crippen LogP contribution < -0.4 is 0 Å². The first-order chi connectivity index (χ1) is 6.62. The van der Waals surface area contributed by atoms with E-state index in [0.29, 0.717) is 12.5 Å². The highest BCUT2D eigenvalue weighted by Gasteiger charge is 2.39. The maximum atomic E-state index is 12.9. The van der Waals surface area contributed by atoms with Crippen LogP contribution in [-0.2, 0) is 12.1 Å². The standard InChI is InChI=1S/C10H9F5/c1-6-3-4-7(9(2,11)12)8(5-6)10(13,14)15/h3-5H,1-2H3. The van der Waals surface area contributed by atoms with Crippen LogP contribution in [0.2, 0.25) is 0 Å². The molecule has 84 valence electrons. The van der Waals surface area contributed by atoms with E-state index >= 15 is 0 Å². The van der Waals surface area contributed by atoms with Gasteiger partial charge in [-0.2, -0.15) is 13.2 Å². The molecule has 0 fully saturated rings. The Balaban J connectivity index is 3.41. The average molecular weight is 224 g/mol. The second kappa shape index (κ2) is 3.47. The van der Waals surface area contributed by atoms with Gasteiger partial charge in [0.05, 0.1) is 5.56 Å². The summed E-state index contributed by atoms with van der Waals surface area (Å²) < 4.78 is 63.0. The number of benzene rings is 1. The smallest absolute Gasteiger partial charge is 0.202 e. The Morgan fingerprint density at radius 1 is 0.933 bits per heavy atom. The van der Waals surface area contributed by atoms with E-state index in [1.807, 2.05) is 0 Å². The van der Waals surface area contributed by atoms with Gasteiger partial charge in [0.2, 0.25) is 0 Å². The summed E-state index contributed by atoms with van der Waals surface area (Å²) in [4.78, 5) is 0. The molecule has 0 nitrogen and oxygen atoms in total. The zero-order valence-corrected chi connectivity index (χ0v) is 8.12. The van der Waals surface area contributed by atoms with E-state index < -0.39 is 23.2 Å². The predicted molar refractivity (Wildman–Crippen MR) is 45.7 cm³/mol. The van der Waals surface area contributed by atoms with Crippen LogP contribution in [0.3, 0.4) is 0 Å². The topological polar surface area (TPSA) is 0 Å². The molecule has 1 aromatic carbocycles. The third-order valence-corrected chi connectivity index (χ3v) is 1.95. The highest BCUT2D eigenvalue weighted by atomic mass is 19.4. The number of hydrogen-bond donors (Lipinski definition) is 0. The Bertz CT molecular complexity index is 359. The molecular weight excluding hydrogens is 215 g/mol. The minimum Gasteiger partial charge on any atom is -0.202 e. The van der Waals surface area contributed by atoms with Crippen molar-refractivity contribution in [2.45, 2.75) is 25.9 Å². The summed E-state index contributed by atoms with van der Waals surface area (Å²) in [5, 5.41) is 0. The molecule has 0 atom stereocenters. The van der Waals surface area contributed by atoms with E-state index in [4.69, 9.17) is 0 Å². The second-order valence-corrected chi connectivity index (χ2v) is 3.44. The molecule has 0 amide bonds. The third-order valence-electron chi connectivity index (χ3n) is 1.95. The zero-order valence-electron chi connectivity index (χ0n) is 8.12. The number of rotatable bonds is 1. The van der Waals surface area contributed by atoms with Crippen molar-refractivity contribution in [1.29, 1.82) is 0 Å². The van der Waals surface area contributed by atoms with Gasteiger partial charge in [-0.1, -0.05) is 17.7 Å². The fourth-order valence-electron chi connectivity index (χ4n) is 1.28. The SMILES string of the molecule is Cc1ccc(C(C)(F)F)c(C(F)(F)F)c1. The van der Waals surface area contributed by atoms with Gasteiger partial charge in [-0.05, 0) is 13.0 Å². The van der Waals surface area contributed by atoms with Crippen LogP contribution in [-0.4, -0.2) is 0 Å². The molecule has 0 saturated carbocycles. The van der Waals surface area contributed by atoms with Crippen molar-refractivity contribution < 1.29 is 22.0 Å². The van der Waals surface area contributed by atoms with Crippen molar-refractivity contribution >= 4 is 0 Å². The lowest BCUT2D eigenvalue weighted by Gasteiger charge is -2.18. The summed E-state index contributed by atoms with van der Waals surface area (Å²) in [5.74, 6) is -3.49. The van der Waals surface area contributed by atoms with Crippen molar-refractivity contribution in [3.8, 4) is 0 Å². The highest BCUT2D eigenvalue weighted by molar-refractivity contribution is 5.36. The molecule has 0 heterocycles. The molecule has 5 heteroatoms. The molecule has 0 saturated heterocycles. The number of halogens is 5. The quantitative estimate of drug-likeness (QED) is 0.629. The number of aryl methyl sites for hydroxylation is 1. The molecule has 0 aromatic heterocycles. The van der Waals surface area contributed by atoms with E-state index in [0.717, 1.165) is 12.1 Å². The Kier molecular flexibility index (Phi) is 2.76. The molecule has 0 N–H and O–H groups in total. The molecule has 15 heavy (non-hydrogen) atoms. The van der Waals surface area contributed by atoms with Crippen LogP contribution in [0, 0.1) is 6.92 Å². The number of hydrogen-bond acceptors (Lipinski definition) is 0. The Morgan fingerprint density at radius 2 is 1.47 bits per heavy atom. The predicted octanol–water partition coefficient (Wildman–Crippen LogP) is 4.13. The fraction of sp³-hybridized carbons (Fsp3) is 0.400. The first kappa shape index (κ1) is 11.9. The fourth-order valence-corrected chi connectivity index (χ4v) is 1.28. The summed E-state index contributed by atoms with van der Waals surface area (Å²) in [6.07, 6.45) is -4.75. The van der Waals surface area contributed by atoms with Gasteiger partial charge in [0.1, 0.15) is 0 Å². The van der Waals surface area contributed by atoms with Crippen LogP contribution in [0.15, 0.2) is 18.2 Å². The van der Waals surface area contributed by atoms with Crippen molar-refractivity contribution in [3.05, 3.63) is 34.9 Å². The lowest BCUT2D eigenvalue weighted by Crippen LogP contribution is -2.17. The molecule has 0 aliphatic heterocycles. The summed E-state index contributed by atoms with van der Waals surface area (Å²) in [6.45, 7) is 1.87. The second-order valence-electron chi connectivity index (χ2n) is 3.44.